The van der Waals surface area contributed by atoms with Crippen molar-refractivity contribution in [1.82, 2.24) is 5.32 Å². The molecule has 2 aromatic carbocycles. The average molecular weight is 298 g/mol. The summed E-state index contributed by atoms with van der Waals surface area (Å²) in [6, 6.07) is 16.3. The van der Waals surface area contributed by atoms with E-state index in [0.717, 1.165) is 11.3 Å². The predicted octanol–water partition coefficient (Wildman–Crippen LogP) is 2.60. The summed E-state index contributed by atoms with van der Waals surface area (Å²) in [5.74, 6) is -0.0564. The highest BCUT2D eigenvalue weighted by Gasteiger charge is 2.22. The number of aliphatic hydroxyl groups is 1. The lowest BCUT2D eigenvalue weighted by Crippen LogP contribution is -2.35. The van der Waals surface area contributed by atoms with Crippen molar-refractivity contribution in [3.63, 3.8) is 0 Å². The number of anilines is 1. The van der Waals surface area contributed by atoms with Crippen LogP contribution in [-0.4, -0.2) is 31.2 Å². The molecule has 0 fully saturated rings. The molecule has 2 rings (SSSR count). The molecule has 0 bridgehead atoms. The standard InChI is InChI=1S/C18H22N2O2/c1-13(21)19-17(18(22)15-7-5-4-6-8-15)14-9-11-16(12-10-14)20(2)3/h4-13,17,19,21H,1-3H3. The number of ketones is 1. The summed E-state index contributed by atoms with van der Waals surface area (Å²) >= 11 is 0. The van der Waals surface area contributed by atoms with Gasteiger partial charge in [-0.1, -0.05) is 42.5 Å². The number of aliphatic hydroxyl groups excluding tert-OH is 1. The molecule has 2 aromatic rings. The van der Waals surface area contributed by atoms with Crippen LogP contribution >= 0.6 is 0 Å². The summed E-state index contributed by atoms with van der Waals surface area (Å²) in [5, 5.41) is 12.6. The van der Waals surface area contributed by atoms with Crippen molar-refractivity contribution < 1.29 is 9.90 Å². The van der Waals surface area contributed by atoms with Gasteiger partial charge in [0.15, 0.2) is 5.78 Å². The zero-order valence-electron chi connectivity index (χ0n) is 13.2. The number of benzene rings is 2. The molecule has 2 unspecified atom stereocenters. The van der Waals surface area contributed by atoms with Gasteiger partial charge in [0.2, 0.25) is 0 Å². The van der Waals surface area contributed by atoms with Crippen molar-refractivity contribution in [2.24, 2.45) is 0 Å². The van der Waals surface area contributed by atoms with Crippen molar-refractivity contribution in [2.75, 3.05) is 19.0 Å². The molecule has 0 aromatic heterocycles. The van der Waals surface area contributed by atoms with Crippen molar-refractivity contribution in [3.8, 4) is 0 Å². The molecule has 2 atom stereocenters. The third-order valence-corrected chi connectivity index (χ3v) is 3.47. The topological polar surface area (TPSA) is 52.6 Å². The fourth-order valence-electron chi connectivity index (χ4n) is 2.30. The number of nitrogens with one attached hydrogen (secondary N) is 1. The average Bonchev–Trinajstić information content (AvgIpc) is 2.53. The number of hydrogen-bond donors (Lipinski definition) is 2. The van der Waals surface area contributed by atoms with Crippen LogP contribution in [0.5, 0.6) is 0 Å². The van der Waals surface area contributed by atoms with Gasteiger partial charge in [-0.15, -0.1) is 0 Å². The van der Waals surface area contributed by atoms with Gasteiger partial charge in [0.25, 0.3) is 0 Å². The minimum Gasteiger partial charge on any atom is -0.379 e. The summed E-state index contributed by atoms with van der Waals surface area (Å²) in [6.07, 6.45) is -0.772. The zero-order chi connectivity index (χ0) is 16.1. The van der Waals surface area contributed by atoms with Crippen molar-refractivity contribution in [1.29, 1.82) is 0 Å². The molecule has 0 radical (unpaired) electrons. The third kappa shape index (κ3) is 3.93. The fraction of sp³-hybridized carbons (Fsp3) is 0.278. The second-order valence-electron chi connectivity index (χ2n) is 5.49. The molecule has 116 valence electrons. The highest BCUT2D eigenvalue weighted by atomic mass is 16.3. The normalized spacial score (nSPS) is 13.5. The number of carbonyl (C=O) groups excluding carboxylic acids is 1. The Morgan fingerprint density at radius 1 is 1.05 bits per heavy atom. The third-order valence-electron chi connectivity index (χ3n) is 3.47. The number of carbonyl (C=O) groups is 1. The Labute approximate surface area is 131 Å². The first kappa shape index (κ1) is 16.2. The molecule has 0 saturated carbocycles. The molecular weight excluding hydrogens is 276 g/mol. The second-order valence-corrected chi connectivity index (χ2v) is 5.49. The molecule has 0 amide bonds. The van der Waals surface area contributed by atoms with Crippen LogP contribution in [0.1, 0.15) is 28.9 Å². The van der Waals surface area contributed by atoms with Gasteiger partial charge < -0.3 is 10.0 Å². The highest BCUT2D eigenvalue weighted by molar-refractivity contribution is 6.00. The zero-order valence-corrected chi connectivity index (χ0v) is 13.2. The van der Waals surface area contributed by atoms with Crippen molar-refractivity contribution in [3.05, 3.63) is 65.7 Å². The molecule has 0 spiro atoms. The maximum atomic E-state index is 12.7. The van der Waals surface area contributed by atoms with Gasteiger partial charge in [-0.05, 0) is 24.6 Å². The Hall–Kier alpha value is -2.17. The first-order valence-corrected chi connectivity index (χ1v) is 7.29. The molecule has 4 heteroatoms. The van der Waals surface area contributed by atoms with Gasteiger partial charge >= 0.3 is 0 Å². The van der Waals surface area contributed by atoms with E-state index in [-0.39, 0.29) is 5.78 Å². The Morgan fingerprint density at radius 3 is 2.14 bits per heavy atom. The van der Waals surface area contributed by atoms with Crippen LogP contribution < -0.4 is 10.2 Å². The summed E-state index contributed by atoms with van der Waals surface area (Å²) in [6.45, 7) is 1.61. The van der Waals surface area contributed by atoms with Crippen molar-refractivity contribution >= 4 is 11.5 Å². The molecule has 0 aliphatic heterocycles. The van der Waals surface area contributed by atoms with Gasteiger partial charge in [-0.25, -0.2) is 0 Å². The van der Waals surface area contributed by atoms with E-state index < -0.39 is 12.3 Å². The number of nitrogens with zero attached hydrogens (tertiary/aromatic N) is 1. The molecule has 0 heterocycles. The van der Waals surface area contributed by atoms with Gasteiger partial charge in [0.1, 0.15) is 6.23 Å². The monoisotopic (exact) mass is 298 g/mol. The Morgan fingerprint density at radius 2 is 1.64 bits per heavy atom. The summed E-state index contributed by atoms with van der Waals surface area (Å²) in [4.78, 5) is 14.7. The number of Topliss-reactive ketones (excluding diaryl/α,β-unsaturated/α-hetero) is 1. The largest absolute Gasteiger partial charge is 0.379 e. The Bertz CT molecular complexity index is 607. The molecule has 0 aliphatic rings. The summed E-state index contributed by atoms with van der Waals surface area (Å²) < 4.78 is 0. The van der Waals surface area contributed by atoms with Gasteiger partial charge in [0.05, 0.1) is 6.04 Å². The van der Waals surface area contributed by atoms with E-state index in [1.54, 1.807) is 19.1 Å². The Balaban J connectivity index is 2.31. The van der Waals surface area contributed by atoms with E-state index in [1.165, 1.54) is 0 Å². The maximum absolute atomic E-state index is 12.7. The fourth-order valence-corrected chi connectivity index (χ4v) is 2.30. The smallest absolute Gasteiger partial charge is 0.184 e. The van der Waals surface area contributed by atoms with Gasteiger partial charge in [-0.3, -0.25) is 10.1 Å². The van der Waals surface area contributed by atoms with E-state index in [2.05, 4.69) is 5.32 Å². The van der Waals surface area contributed by atoms with Crippen LogP contribution in [0.25, 0.3) is 0 Å². The van der Waals surface area contributed by atoms with Crippen LogP contribution in [0.3, 0.4) is 0 Å². The van der Waals surface area contributed by atoms with E-state index in [9.17, 15) is 9.90 Å². The Kier molecular flexibility index (Phi) is 5.31. The molecule has 2 N–H and O–H groups in total. The lowest BCUT2D eigenvalue weighted by atomic mass is 9.97. The maximum Gasteiger partial charge on any atom is 0.184 e. The van der Waals surface area contributed by atoms with Crippen LogP contribution in [0.2, 0.25) is 0 Å². The summed E-state index contributed by atoms with van der Waals surface area (Å²) in [5.41, 5.74) is 2.52. The van der Waals surface area contributed by atoms with Crippen molar-refractivity contribution in [2.45, 2.75) is 19.2 Å². The van der Waals surface area contributed by atoms with Crippen LogP contribution in [0.4, 0.5) is 5.69 Å². The van der Waals surface area contributed by atoms with E-state index in [0.29, 0.717) is 5.56 Å². The summed E-state index contributed by atoms with van der Waals surface area (Å²) in [7, 11) is 3.94. The first-order valence-electron chi connectivity index (χ1n) is 7.29. The SMILES string of the molecule is CC(O)NC(C(=O)c1ccccc1)c1ccc(N(C)C)cc1. The van der Waals surface area contributed by atoms with E-state index >= 15 is 0 Å². The number of hydrogen-bond acceptors (Lipinski definition) is 4. The van der Waals surface area contributed by atoms with Gasteiger partial charge in [-0.2, -0.15) is 0 Å². The lowest BCUT2D eigenvalue weighted by Gasteiger charge is -2.21. The molecule has 4 nitrogen and oxygen atoms in total. The minimum atomic E-state index is -0.772. The highest BCUT2D eigenvalue weighted by Crippen LogP contribution is 2.22. The molecular formula is C18H22N2O2. The number of rotatable bonds is 6. The minimum absolute atomic E-state index is 0.0564. The lowest BCUT2D eigenvalue weighted by molar-refractivity contribution is 0.0856. The van der Waals surface area contributed by atoms with Crippen LogP contribution in [-0.2, 0) is 0 Å². The molecule has 0 saturated heterocycles. The van der Waals surface area contributed by atoms with Crippen LogP contribution in [0, 0.1) is 0 Å². The molecule has 0 aliphatic carbocycles. The molecule has 22 heavy (non-hydrogen) atoms. The predicted molar refractivity (Wildman–Crippen MR) is 89.1 cm³/mol. The van der Waals surface area contributed by atoms with E-state index in [4.69, 9.17) is 0 Å². The first-order chi connectivity index (χ1) is 10.5. The second kappa shape index (κ2) is 7.20. The quantitative estimate of drug-likeness (QED) is 0.636. The van der Waals surface area contributed by atoms with E-state index in [1.807, 2.05) is 61.5 Å². The van der Waals surface area contributed by atoms with Crippen LogP contribution in [0.15, 0.2) is 54.6 Å². The van der Waals surface area contributed by atoms with Gasteiger partial charge in [0, 0.05) is 25.3 Å².